The number of hydrogen-bond acceptors (Lipinski definition) is 9. The Labute approximate surface area is 278 Å². The van der Waals surface area contributed by atoms with Crippen LogP contribution in [0.2, 0.25) is 18.1 Å². The maximum atomic E-state index is 13.7. The Balaban J connectivity index is 1.35. The van der Waals surface area contributed by atoms with Gasteiger partial charge in [-0.2, -0.15) is 5.21 Å². The van der Waals surface area contributed by atoms with Gasteiger partial charge < -0.3 is 24.5 Å². The summed E-state index contributed by atoms with van der Waals surface area (Å²) >= 11 is 0. The first-order valence-corrected chi connectivity index (χ1v) is 19.0. The molecule has 11 nitrogen and oxygen atoms in total. The summed E-state index contributed by atoms with van der Waals surface area (Å²) in [6.45, 7) is 17.3. The molecule has 3 heterocycles. The van der Waals surface area contributed by atoms with Crippen LogP contribution in [0.15, 0.2) is 60.8 Å². The van der Waals surface area contributed by atoms with Crippen LogP contribution < -0.4 is 10.5 Å². The molecule has 250 valence electrons. The van der Waals surface area contributed by atoms with Gasteiger partial charge in [0.05, 0.1) is 19.2 Å². The molecular weight excluding hydrogens is 611 g/mol. The first-order chi connectivity index (χ1) is 22.1. The summed E-state index contributed by atoms with van der Waals surface area (Å²) in [5.41, 5.74) is 10.3. The number of tetrazole rings is 1. The van der Waals surface area contributed by atoms with Crippen molar-refractivity contribution in [1.29, 1.82) is 0 Å². The Kier molecular flexibility index (Phi) is 9.74. The van der Waals surface area contributed by atoms with Crippen LogP contribution in [0.4, 0.5) is 10.6 Å². The third kappa shape index (κ3) is 8.55. The number of nitrogen functional groups attached to an aromatic ring is 1. The average Bonchev–Trinajstić information content (AvgIpc) is 3.54. The summed E-state index contributed by atoms with van der Waals surface area (Å²) in [6, 6.07) is 18.0. The number of carbonyl (C=O) groups is 1. The van der Waals surface area contributed by atoms with Gasteiger partial charge in [-0.15, -0.1) is 10.2 Å². The minimum absolute atomic E-state index is 0.0332. The first-order valence-electron chi connectivity index (χ1n) is 16.1. The minimum Gasteiger partial charge on any atom is -0.488 e. The molecule has 12 heteroatoms. The van der Waals surface area contributed by atoms with E-state index in [0.29, 0.717) is 24.7 Å². The molecule has 1 aliphatic rings. The van der Waals surface area contributed by atoms with Crippen molar-refractivity contribution in [2.75, 3.05) is 18.8 Å². The molecule has 0 unspecified atom stereocenters. The molecule has 2 aromatic heterocycles. The topological polar surface area (TPSA) is 141 Å². The maximum Gasteiger partial charge on any atom is 0.410 e. The summed E-state index contributed by atoms with van der Waals surface area (Å²) in [5, 5.41) is 14.2. The van der Waals surface area contributed by atoms with Gasteiger partial charge in [0.25, 0.3) is 0 Å². The third-order valence-corrected chi connectivity index (χ3v) is 13.3. The average molecular weight is 658 g/mol. The zero-order valence-electron chi connectivity index (χ0n) is 28.7. The van der Waals surface area contributed by atoms with Crippen LogP contribution in [0.3, 0.4) is 0 Å². The summed E-state index contributed by atoms with van der Waals surface area (Å²) in [5.74, 6) is 1.82. The van der Waals surface area contributed by atoms with Crippen LogP contribution in [0, 0.1) is 0 Å². The number of nitrogens with zero attached hydrogens (tertiary/aromatic N) is 5. The van der Waals surface area contributed by atoms with Crippen molar-refractivity contribution >= 4 is 20.2 Å². The zero-order chi connectivity index (χ0) is 34.0. The molecule has 0 aliphatic carbocycles. The molecule has 0 saturated heterocycles. The predicted octanol–water partition coefficient (Wildman–Crippen LogP) is 7.20. The van der Waals surface area contributed by atoms with E-state index in [1.165, 1.54) is 0 Å². The number of carbonyl (C=O) groups excluding carboxylic acids is 1. The monoisotopic (exact) mass is 657 g/mol. The van der Waals surface area contributed by atoms with Crippen molar-refractivity contribution in [2.45, 2.75) is 90.3 Å². The molecule has 1 aliphatic heterocycles. The van der Waals surface area contributed by atoms with E-state index in [0.717, 1.165) is 46.4 Å². The van der Waals surface area contributed by atoms with Gasteiger partial charge in [-0.1, -0.05) is 57.2 Å². The Morgan fingerprint density at radius 2 is 1.74 bits per heavy atom. The summed E-state index contributed by atoms with van der Waals surface area (Å²) < 4.78 is 19.3. The maximum absolute atomic E-state index is 13.7. The van der Waals surface area contributed by atoms with Crippen LogP contribution in [-0.2, 0) is 15.6 Å². The van der Waals surface area contributed by atoms with Gasteiger partial charge in [0, 0.05) is 11.8 Å². The Morgan fingerprint density at radius 1 is 1.04 bits per heavy atom. The van der Waals surface area contributed by atoms with Crippen LogP contribution in [-0.4, -0.2) is 69.7 Å². The number of anilines is 1. The number of ether oxygens (including phenoxy) is 2. The number of fused-ring (bicyclic) bond motifs is 1. The van der Waals surface area contributed by atoms with Gasteiger partial charge in [0.1, 0.15) is 23.3 Å². The van der Waals surface area contributed by atoms with Crippen LogP contribution in [0.1, 0.15) is 65.2 Å². The number of aromatic amines is 1. The van der Waals surface area contributed by atoms with E-state index in [1.54, 1.807) is 17.2 Å². The lowest BCUT2D eigenvalue weighted by Gasteiger charge is -2.41. The first kappa shape index (κ1) is 34.1. The van der Waals surface area contributed by atoms with E-state index in [2.05, 4.69) is 83.7 Å². The Hall–Kier alpha value is -4.29. The van der Waals surface area contributed by atoms with Crippen molar-refractivity contribution in [1.82, 2.24) is 30.5 Å². The number of amides is 1. The zero-order valence-corrected chi connectivity index (χ0v) is 29.7. The largest absolute Gasteiger partial charge is 0.488 e. The molecule has 1 amide bonds. The number of H-pyrrole nitrogens is 1. The van der Waals surface area contributed by atoms with Gasteiger partial charge in [-0.25, -0.2) is 9.78 Å². The van der Waals surface area contributed by atoms with Crippen molar-refractivity contribution < 1.29 is 18.7 Å². The lowest BCUT2D eigenvalue weighted by atomic mass is 9.96. The SMILES string of the molecule is CC(C)(C)OC(=O)N(C[C@H]1CCc2cc(-c3ccc(-c4nn[nH]n4)cc3)ccc2O1)C[C@H](O[Si](C)(C)C(C)(C)C)c1ccc(N)nc1. The molecule has 0 spiro atoms. The third-order valence-electron chi connectivity index (χ3n) is 8.80. The fourth-order valence-corrected chi connectivity index (χ4v) is 6.47. The second-order valence-corrected chi connectivity index (χ2v) is 19.4. The van der Waals surface area contributed by atoms with Crippen molar-refractivity contribution in [3.63, 3.8) is 0 Å². The minimum atomic E-state index is -2.24. The number of benzene rings is 2. The molecule has 0 saturated carbocycles. The van der Waals surface area contributed by atoms with E-state index in [-0.39, 0.29) is 11.1 Å². The molecule has 47 heavy (non-hydrogen) atoms. The van der Waals surface area contributed by atoms with E-state index in [9.17, 15) is 4.79 Å². The number of pyridine rings is 1. The number of nitrogens with one attached hydrogen (secondary N) is 1. The fourth-order valence-electron chi connectivity index (χ4n) is 5.20. The van der Waals surface area contributed by atoms with Crippen molar-refractivity contribution in [3.05, 3.63) is 71.9 Å². The van der Waals surface area contributed by atoms with Gasteiger partial charge in [-0.3, -0.25) is 0 Å². The molecule has 5 rings (SSSR count). The van der Waals surface area contributed by atoms with Crippen LogP contribution in [0.25, 0.3) is 22.5 Å². The van der Waals surface area contributed by atoms with Gasteiger partial charge in [0.15, 0.2) is 8.32 Å². The highest BCUT2D eigenvalue weighted by atomic mass is 28.4. The lowest BCUT2D eigenvalue weighted by Crippen LogP contribution is -2.48. The number of nitrogens with two attached hydrogens (primary N) is 1. The summed E-state index contributed by atoms with van der Waals surface area (Å²) in [6.07, 6.45) is 2.28. The number of rotatable bonds is 9. The van der Waals surface area contributed by atoms with Crippen LogP contribution >= 0.6 is 0 Å². The number of aryl methyl sites for hydroxylation is 1. The molecule has 0 bridgehead atoms. The number of aromatic nitrogens is 5. The van der Waals surface area contributed by atoms with E-state index in [1.807, 2.05) is 45.0 Å². The van der Waals surface area contributed by atoms with E-state index >= 15 is 0 Å². The van der Waals surface area contributed by atoms with E-state index < -0.39 is 26.1 Å². The summed E-state index contributed by atoms with van der Waals surface area (Å²) in [7, 11) is -2.24. The molecular formula is C35H47N7O4Si. The molecule has 3 N–H and O–H groups in total. The Bertz CT molecular complexity index is 1650. The van der Waals surface area contributed by atoms with Crippen LogP contribution in [0.5, 0.6) is 5.75 Å². The molecule has 2 atom stereocenters. The normalized spacial score (nSPS) is 15.8. The molecule has 2 aromatic carbocycles. The lowest BCUT2D eigenvalue weighted by molar-refractivity contribution is 0.00491. The van der Waals surface area contributed by atoms with Gasteiger partial charge in [0.2, 0.25) is 5.82 Å². The number of hydrogen-bond donors (Lipinski definition) is 2. The Morgan fingerprint density at radius 3 is 2.36 bits per heavy atom. The predicted molar refractivity (Wildman–Crippen MR) is 185 cm³/mol. The highest BCUT2D eigenvalue weighted by Gasteiger charge is 2.41. The summed E-state index contributed by atoms with van der Waals surface area (Å²) in [4.78, 5) is 19.8. The van der Waals surface area contributed by atoms with Gasteiger partial charge >= 0.3 is 6.09 Å². The molecule has 4 aromatic rings. The quantitative estimate of drug-likeness (QED) is 0.179. The second kappa shape index (κ2) is 13.4. The smallest absolute Gasteiger partial charge is 0.410 e. The van der Waals surface area contributed by atoms with Crippen molar-refractivity contribution in [2.24, 2.45) is 0 Å². The standard InChI is InChI=1S/C35H47N7O4Si/c1-34(2,3)45-33(43)42(22-30(27-15-18-31(36)37-20-27)46-47(7,8)35(4,5)6)21-28-16-13-26-19-25(14-17-29(26)44-28)23-9-11-24(12-10-23)32-38-40-41-39-32/h9-12,14-15,17-20,28,30H,13,16,21-22H2,1-8H3,(H2,36,37)(H,38,39,40,41)/t28-,30+/m1/s1. The fraction of sp³-hybridized carbons (Fsp3) is 0.457. The highest BCUT2D eigenvalue weighted by molar-refractivity contribution is 6.74. The van der Waals surface area contributed by atoms with E-state index in [4.69, 9.17) is 19.6 Å². The van der Waals surface area contributed by atoms with Gasteiger partial charge in [-0.05, 0) is 97.4 Å². The second-order valence-electron chi connectivity index (χ2n) is 14.7. The molecule has 0 radical (unpaired) electrons. The highest BCUT2D eigenvalue weighted by Crippen LogP contribution is 2.40. The molecule has 0 fully saturated rings. The van der Waals surface area contributed by atoms with Crippen molar-refractivity contribution in [3.8, 4) is 28.3 Å².